The molecule has 7 heteroatoms. The summed E-state index contributed by atoms with van der Waals surface area (Å²) in [7, 11) is -3.68. The zero-order valence-electron chi connectivity index (χ0n) is 9.60. The molecule has 0 aliphatic heterocycles. The van der Waals surface area contributed by atoms with Crippen molar-refractivity contribution in [1.29, 1.82) is 0 Å². The zero-order chi connectivity index (χ0) is 13.1. The van der Waals surface area contributed by atoms with Crippen LogP contribution in [0.2, 0.25) is 0 Å². The third-order valence-electron chi connectivity index (χ3n) is 2.13. The fourth-order valence-corrected chi connectivity index (χ4v) is 2.88. The molecule has 1 aromatic carbocycles. The second-order valence-electron chi connectivity index (χ2n) is 3.77. The molecule has 5 nitrogen and oxygen atoms in total. The van der Waals surface area contributed by atoms with Crippen LogP contribution in [0, 0.1) is 12.7 Å². The first kappa shape index (κ1) is 14.0. The fourth-order valence-electron chi connectivity index (χ4n) is 1.42. The van der Waals surface area contributed by atoms with E-state index in [1.807, 2.05) is 0 Å². The third-order valence-corrected chi connectivity index (χ3v) is 3.88. The van der Waals surface area contributed by atoms with Crippen molar-refractivity contribution in [3.05, 3.63) is 29.6 Å². The smallest absolute Gasteiger partial charge is 0.241 e. The number of sulfonamides is 1. The lowest BCUT2D eigenvalue weighted by atomic mass is 10.2. The van der Waals surface area contributed by atoms with Crippen molar-refractivity contribution in [3.63, 3.8) is 0 Å². The van der Waals surface area contributed by atoms with Gasteiger partial charge in [-0.15, -0.1) is 0 Å². The minimum absolute atomic E-state index is 0.0442. The lowest BCUT2D eigenvalue weighted by Crippen LogP contribution is -2.36. The molecule has 3 N–H and O–H groups in total. The number of halogens is 1. The van der Waals surface area contributed by atoms with Gasteiger partial charge in [-0.25, -0.2) is 23.4 Å². The van der Waals surface area contributed by atoms with Crippen LogP contribution in [0.15, 0.2) is 23.1 Å². The van der Waals surface area contributed by atoms with Gasteiger partial charge in [-0.05, 0) is 37.6 Å². The molecule has 0 saturated carbocycles. The van der Waals surface area contributed by atoms with Crippen molar-refractivity contribution in [2.45, 2.75) is 24.8 Å². The van der Waals surface area contributed by atoms with E-state index >= 15 is 0 Å². The molecule has 0 spiro atoms. The maximum absolute atomic E-state index is 12.9. The van der Waals surface area contributed by atoms with E-state index in [0.717, 1.165) is 6.07 Å². The number of hydrogen-bond acceptors (Lipinski definition) is 4. The fraction of sp³-hybridized carbons (Fsp3) is 0.400. The first-order valence-electron chi connectivity index (χ1n) is 4.97. The summed E-state index contributed by atoms with van der Waals surface area (Å²) in [5, 5.41) is 0. The Morgan fingerprint density at radius 3 is 2.71 bits per heavy atom. The summed E-state index contributed by atoms with van der Waals surface area (Å²) in [6.07, 6.45) is 0. The molecule has 0 bridgehead atoms. The van der Waals surface area contributed by atoms with Crippen LogP contribution in [0.25, 0.3) is 0 Å². The van der Waals surface area contributed by atoms with Crippen molar-refractivity contribution >= 4 is 10.0 Å². The standard InChI is InChI=1S/C10H15FN2O3S/c1-7-5-9(11)3-4-10(7)17(14,15)13-8(2)6-16-12/h3-5,8,13H,6,12H2,1-2H3. The van der Waals surface area contributed by atoms with E-state index in [2.05, 4.69) is 9.56 Å². The Labute approximate surface area is 99.8 Å². The van der Waals surface area contributed by atoms with Crippen LogP contribution in [0.4, 0.5) is 4.39 Å². The van der Waals surface area contributed by atoms with Crippen LogP contribution in [-0.2, 0) is 14.9 Å². The molecule has 96 valence electrons. The molecule has 0 aliphatic rings. The van der Waals surface area contributed by atoms with E-state index in [0.29, 0.717) is 5.56 Å². The summed E-state index contributed by atoms with van der Waals surface area (Å²) in [6.45, 7) is 3.20. The summed E-state index contributed by atoms with van der Waals surface area (Å²) in [5.74, 6) is 4.38. The number of aryl methyl sites for hydroxylation is 1. The Morgan fingerprint density at radius 2 is 2.18 bits per heavy atom. The van der Waals surface area contributed by atoms with Gasteiger partial charge in [-0.3, -0.25) is 0 Å². The second-order valence-corrected chi connectivity index (χ2v) is 5.45. The van der Waals surface area contributed by atoms with Crippen LogP contribution in [0.3, 0.4) is 0 Å². The lowest BCUT2D eigenvalue weighted by Gasteiger charge is -2.14. The molecule has 1 atom stereocenters. The van der Waals surface area contributed by atoms with Gasteiger partial charge in [0.15, 0.2) is 0 Å². The topological polar surface area (TPSA) is 81.4 Å². The van der Waals surface area contributed by atoms with Crippen LogP contribution < -0.4 is 10.6 Å². The minimum atomic E-state index is -3.68. The average molecular weight is 262 g/mol. The molecule has 1 unspecified atom stereocenters. The van der Waals surface area contributed by atoms with Gasteiger partial charge in [0.2, 0.25) is 10.0 Å². The monoisotopic (exact) mass is 262 g/mol. The van der Waals surface area contributed by atoms with E-state index in [1.54, 1.807) is 6.92 Å². The van der Waals surface area contributed by atoms with Gasteiger partial charge in [0.05, 0.1) is 11.5 Å². The van der Waals surface area contributed by atoms with Gasteiger partial charge in [0, 0.05) is 6.04 Å². The van der Waals surface area contributed by atoms with E-state index in [-0.39, 0.29) is 11.5 Å². The molecule has 0 aliphatic carbocycles. The SMILES string of the molecule is Cc1cc(F)ccc1S(=O)(=O)NC(C)CON. The van der Waals surface area contributed by atoms with E-state index < -0.39 is 21.9 Å². The number of benzene rings is 1. The molecule has 0 aromatic heterocycles. The third kappa shape index (κ3) is 3.74. The quantitative estimate of drug-likeness (QED) is 0.765. The predicted molar refractivity (Wildman–Crippen MR) is 61.1 cm³/mol. The normalized spacial score (nSPS) is 13.6. The summed E-state index contributed by atoms with van der Waals surface area (Å²) in [4.78, 5) is 4.39. The number of hydrogen-bond donors (Lipinski definition) is 2. The molecule has 17 heavy (non-hydrogen) atoms. The Kier molecular flexibility index (Phi) is 4.58. The Balaban J connectivity index is 2.97. The maximum atomic E-state index is 12.9. The Hall–Kier alpha value is -1.02. The molecule has 0 saturated heterocycles. The van der Waals surface area contributed by atoms with E-state index in [1.165, 1.54) is 19.1 Å². The van der Waals surface area contributed by atoms with Crippen LogP contribution >= 0.6 is 0 Å². The number of nitrogens with one attached hydrogen (secondary N) is 1. The average Bonchev–Trinajstić information content (AvgIpc) is 2.15. The largest absolute Gasteiger partial charge is 0.303 e. The molecule has 1 rings (SSSR count). The Morgan fingerprint density at radius 1 is 1.53 bits per heavy atom. The first-order valence-corrected chi connectivity index (χ1v) is 6.45. The van der Waals surface area contributed by atoms with Gasteiger partial charge >= 0.3 is 0 Å². The first-order chi connectivity index (χ1) is 7.86. The molecular formula is C10H15FN2O3S. The highest BCUT2D eigenvalue weighted by Crippen LogP contribution is 2.16. The highest BCUT2D eigenvalue weighted by Gasteiger charge is 2.19. The van der Waals surface area contributed by atoms with Gasteiger partial charge in [0.1, 0.15) is 5.82 Å². The second kappa shape index (κ2) is 5.54. The van der Waals surface area contributed by atoms with Crippen molar-refractivity contribution < 1.29 is 17.6 Å². The van der Waals surface area contributed by atoms with E-state index in [9.17, 15) is 12.8 Å². The summed E-state index contributed by atoms with van der Waals surface area (Å²) in [5.41, 5.74) is 0.346. The Bertz CT molecular complexity index is 490. The summed E-state index contributed by atoms with van der Waals surface area (Å²) >= 11 is 0. The molecule has 1 aromatic rings. The van der Waals surface area contributed by atoms with Gasteiger partial charge in [-0.1, -0.05) is 0 Å². The lowest BCUT2D eigenvalue weighted by molar-refractivity contribution is 0.124. The highest BCUT2D eigenvalue weighted by atomic mass is 32.2. The van der Waals surface area contributed by atoms with Crippen molar-refractivity contribution in [1.82, 2.24) is 4.72 Å². The molecule has 0 amide bonds. The minimum Gasteiger partial charge on any atom is -0.303 e. The van der Waals surface area contributed by atoms with Crippen LogP contribution in [-0.4, -0.2) is 21.1 Å². The molecule has 0 fully saturated rings. The van der Waals surface area contributed by atoms with Gasteiger partial charge in [-0.2, -0.15) is 0 Å². The van der Waals surface area contributed by atoms with E-state index in [4.69, 9.17) is 5.90 Å². The summed E-state index contributed by atoms with van der Waals surface area (Å²) < 4.78 is 39.1. The van der Waals surface area contributed by atoms with Crippen LogP contribution in [0.5, 0.6) is 0 Å². The summed E-state index contributed by atoms with van der Waals surface area (Å²) in [6, 6.07) is 3.03. The zero-order valence-corrected chi connectivity index (χ0v) is 10.4. The molecular weight excluding hydrogens is 247 g/mol. The maximum Gasteiger partial charge on any atom is 0.241 e. The number of rotatable bonds is 5. The van der Waals surface area contributed by atoms with Gasteiger partial charge in [0.25, 0.3) is 0 Å². The van der Waals surface area contributed by atoms with Crippen molar-refractivity contribution in [2.24, 2.45) is 5.90 Å². The van der Waals surface area contributed by atoms with Crippen molar-refractivity contribution in [3.8, 4) is 0 Å². The van der Waals surface area contributed by atoms with Gasteiger partial charge < -0.3 is 4.84 Å². The molecule has 0 radical (unpaired) electrons. The predicted octanol–water partition coefficient (Wildman–Crippen LogP) is 0.691. The number of nitrogens with two attached hydrogens (primary N) is 1. The van der Waals surface area contributed by atoms with Crippen molar-refractivity contribution in [2.75, 3.05) is 6.61 Å². The van der Waals surface area contributed by atoms with Crippen LogP contribution in [0.1, 0.15) is 12.5 Å². The highest BCUT2D eigenvalue weighted by molar-refractivity contribution is 7.89. The molecule has 0 heterocycles.